The summed E-state index contributed by atoms with van der Waals surface area (Å²) in [5.74, 6) is 0.355. The van der Waals surface area contributed by atoms with Gasteiger partial charge in [-0.1, -0.05) is 71.2 Å². The van der Waals surface area contributed by atoms with Crippen molar-refractivity contribution >= 4 is 74.6 Å². The fourth-order valence-corrected chi connectivity index (χ4v) is 5.35. The van der Waals surface area contributed by atoms with Crippen LogP contribution in [0.25, 0.3) is 6.08 Å². The second kappa shape index (κ2) is 11.0. The van der Waals surface area contributed by atoms with E-state index >= 15 is 0 Å². The SMILES string of the molecule is N=C1/C(=C/c2cc(Cl)c(OCCOc3ccccc3)c(Cl)c2)C(=O)N=C2SC(c3ccccc3Cl)=NN12. The predicted molar refractivity (Wildman–Crippen MR) is 149 cm³/mol. The Morgan fingerprint density at radius 2 is 1.59 bits per heavy atom. The van der Waals surface area contributed by atoms with Gasteiger partial charge in [-0.05, 0) is 53.7 Å². The van der Waals surface area contributed by atoms with Crippen LogP contribution in [0.3, 0.4) is 0 Å². The van der Waals surface area contributed by atoms with Gasteiger partial charge in [-0.2, -0.15) is 15.1 Å². The highest BCUT2D eigenvalue weighted by Crippen LogP contribution is 2.36. The zero-order valence-corrected chi connectivity index (χ0v) is 22.0. The van der Waals surface area contributed by atoms with Crippen LogP contribution in [0.15, 0.2) is 82.4 Å². The van der Waals surface area contributed by atoms with Crippen molar-refractivity contribution in [1.82, 2.24) is 5.01 Å². The number of thioether (sulfide) groups is 1. The summed E-state index contributed by atoms with van der Waals surface area (Å²) in [6.07, 6.45) is 1.50. The monoisotopic (exact) mass is 570 g/mol. The highest BCUT2D eigenvalue weighted by molar-refractivity contribution is 8.27. The molecule has 0 aromatic heterocycles. The smallest absolute Gasteiger partial charge is 0.283 e. The minimum absolute atomic E-state index is 0.0468. The van der Waals surface area contributed by atoms with Gasteiger partial charge in [0.2, 0.25) is 5.17 Å². The first-order valence-corrected chi connectivity index (χ1v) is 12.9. The number of amidine groups is 2. The molecular weight excluding hydrogens is 555 g/mol. The molecule has 1 amide bonds. The summed E-state index contributed by atoms with van der Waals surface area (Å²) in [7, 11) is 0. The summed E-state index contributed by atoms with van der Waals surface area (Å²) in [4.78, 5) is 16.9. The van der Waals surface area contributed by atoms with Gasteiger partial charge in [0.05, 0.1) is 20.6 Å². The van der Waals surface area contributed by atoms with E-state index < -0.39 is 5.91 Å². The molecular formula is C26H17Cl3N4O3S. The molecule has 0 spiro atoms. The number of carbonyl (C=O) groups is 1. The van der Waals surface area contributed by atoms with Crippen LogP contribution in [-0.2, 0) is 4.79 Å². The van der Waals surface area contributed by atoms with Crippen molar-refractivity contribution in [3.05, 3.63) is 98.5 Å². The van der Waals surface area contributed by atoms with E-state index in [9.17, 15) is 4.79 Å². The molecule has 37 heavy (non-hydrogen) atoms. The zero-order valence-electron chi connectivity index (χ0n) is 19.0. The summed E-state index contributed by atoms with van der Waals surface area (Å²) >= 11 is 20.3. The van der Waals surface area contributed by atoms with Crippen molar-refractivity contribution in [2.24, 2.45) is 10.1 Å². The minimum atomic E-state index is -0.565. The molecule has 0 saturated heterocycles. The molecule has 1 N–H and O–H groups in total. The third kappa shape index (κ3) is 5.52. The van der Waals surface area contributed by atoms with Crippen molar-refractivity contribution in [2.75, 3.05) is 13.2 Å². The number of halogens is 3. The number of nitrogens with zero attached hydrogens (tertiary/aromatic N) is 3. The highest BCUT2D eigenvalue weighted by Gasteiger charge is 2.36. The number of rotatable bonds is 7. The van der Waals surface area contributed by atoms with E-state index in [2.05, 4.69) is 10.1 Å². The molecule has 0 atom stereocenters. The maximum absolute atomic E-state index is 12.8. The fraction of sp³-hybridized carbons (Fsp3) is 0.0769. The molecule has 5 rings (SSSR count). The van der Waals surface area contributed by atoms with Gasteiger partial charge in [-0.3, -0.25) is 10.2 Å². The van der Waals surface area contributed by atoms with Crippen LogP contribution in [0.1, 0.15) is 11.1 Å². The molecule has 0 radical (unpaired) electrons. The number of hydrogen-bond acceptors (Lipinski definition) is 6. The maximum atomic E-state index is 12.8. The summed E-state index contributed by atoms with van der Waals surface area (Å²) in [5, 5.41) is 16.2. The Balaban J connectivity index is 1.32. The molecule has 3 aromatic carbocycles. The second-order valence-electron chi connectivity index (χ2n) is 7.73. The van der Waals surface area contributed by atoms with Gasteiger partial charge in [0.25, 0.3) is 5.91 Å². The van der Waals surface area contributed by atoms with E-state index in [4.69, 9.17) is 49.7 Å². The van der Waals surface area contributed by atoms with Crippen LogP contribution in [-0.4, -0.2) is 40.2 Å². The molecule has 2 aliphatic rings. The Morgan fingerprint density at radius 1 is 0.919 bits per heavy atom. The lowest BCUT2D eigenvalue weighted by Gasteiger charge is -2.20. The number of fused-ring (bicyclic) bond motifs is 1. The number of nitrogens with one attached hydrogen (secondary N) is 1. The lowest BCUT2D eigenvalue weighted by molar-refractivity contribution is -0.114. The van der Waals surface area contributed by atoms with E-state index in [1.54, 1.807) is 18.2 Å². The van der Waals surface area contributed by atoms with Gasteiger partial charge in [0.1, 0.15) is 24.0 Å². The quantitative estimate of drug-likeness (QED) is 0.250. The molecule has 0 fully saturated rings. The first kappa shape index (κ1) is 25.4. The van der Waals surface area contributed by atoms with E-state index in [0.29, 0.717) is 38.7 Å². The van der Waals surface area contributed by atoms with E-state index in [-0.39, 0.29) is 28.1 Å². The van der Waals surface area contributed by atoms with Crippen LogP contribution < -0.4 is 9.47 Å². The fourth-order valence-electron chi connectivity index (χ4n) is 3.52. The van der Waals surface area contributed by atoms with E-state index in [0.717, 1.165) is 5.75 Å². The van der Waals surface area contributed by atoms with Crippen molar-refractivity contribution in [2.45, 2.75) is 0 Å². The van der Waals surface area contributed by atoms with Crippen LogP contribution in [0.4, 0.5) is 0 Å². The lowest BCUT2D eigenvalue weighted by Crippen LogP contribution is -2.35. The molecule has 0 aliphatic carbocycles. The number of benzene rings is 3. The van der Waals surface area contributed by atoms with Gasteiger partial charge in [-0.15, -0.1) is 0 Å². The van der Waals surface area contributed by atoms with Gasteiger partial charge < -0.3 is 9.47 Å². The number of hydrazone groups is 1. The van der Waals surface area contributed by atoms with E-state index in [1.807, 2.05) is 48.5 Å². The third-order valence-electron chi connectivity index (χ3n) is 5.23. The molecule has 0 saturated carbocycles. The Labute approximate surface area is 231 Å². The average Bonchev–Trinajstić information content (AvgIpc) is 3.30. The molecule has 2 heterocycles. The lowest BCUT2D eigenvalue weighted by atomic mass is 10.1. The van der Waals surface area contributed by atoms with Gasteiger partial charge in [-0.25, -0.2) is 0 Å². The maximum Gasteiger partial charge on any atom is 0.283 e. The average molecular weight is 572 g/mol. The number of amides is 1. The summed E-state index contributed by atoms with van der Waals surface area (Å²) < 4.78 is 11.3. The molecule has 186 valence electrons. The zero-order chi connectivity index (χ0) is 25.9. The Bertz CT molecular complexity index is 1470. The first-order valence-electron chi connectivity index (χ1n) is 11.0. The Kier molecular flexibility index (Phi) is 7.53. The molecule has 0 unspecified atom stereocenters. The molecule has 2 aliphatic heterocycles. The van der Waals surface area contributed by atoms with Gasteiger partial charge in [0.15, 0.2) is 11.6 Å². The van der Waals surface area contributed by atoms with Gasteiger partial charge in [0, 0.05) is 5.56 Å². The van der Waals surface area contributed by atoms with Crippen LogP contribution in [0.5, 0.6) is 11.5 Å². The topological polar surface area (TPSA) is 87.3 Å². The number of carbonyl (C=O) groups excluding carboxylic acids is 1. The molecule has 7 nitrogen and oxygen atoms in total. The Hall–Kier alpha value is -3.30. The first-order chi connectivity index (χ1) is 17.9. The Morgan fingerprint density at radius 3 is 2.32 bits per heavy atom. The molecule has 11 heteroatoms. The van der Waals surface area contributed by atoms with Crippen LogP contribution in [0.2, 0.25) is 15.1 Å². The predicted octanol–water partition coefficient (Wildman–Crippen LogP) is 6.77. The van der Waals surface area contributed by atoms with Crippen LogP contribution in [0, 0.1) is 5.41 Å². The summed E-state index contributed by atoms with van der Waals surface area (Å²) in [6.45, 7) is 0.535. The normalized spacial score (nSPS) is 16.0. The van der Waals surface area contributed by atoms with Crippen molar-refractivity contribution in [1.29, 1.82) is 5.41 Å². The van der Waals surface area contributed by atoms with Crippen molar-refractivity contribution in [3.8, 4) is 11.5 Å². The second-order valence-corrected chi connectivity index (χ2v) is 9.91. The third-order valence-corrected chi connectivity index (χ3v) is 7.06. The molecule has 3 aromatic rings. The van der Waals surface area contributed by atoms with Gasteiger partial charge >= 0.3 is 0 Å². The number of ether oxygens (including phenoxy) is 2. The number of aliphatic imine (C=N–C) groups is 1. The summed E-state index contributed by atoms with van der Waals surface area (Å²) in [6, 6.07) is 19.8. The highest BCUT2D eigenvalue weighted by atomic mass is 35.5. The van der Waals surface area contributed by atoms with Crippen LogP contribution >= 0.6 is 46.6 Å². The van der Waals surface area contributed by atoms with Crippen molar-refractivity contribution in [3.63, 3.8) is 0 Å². The standard InChI is InChI=1S/C26H17Cl3N4O3S/c27-19-9-5-4-8-17(19)25-32-33-23(30)18(24(34)31-26(33)37-25)12-15-13-20(28)22(21(29)14-15)36-11-10-35-16-6-2-1-3-7-16/h1-9,12-14,30H,10-11H2/b18-12-,30-23?. The molecule has 0 bridgehead atoms. The van der Waals surface area contributed by atoms with E-state index in [1.165, 1.54) is 22.8 Å². The number of para-hydroxylation sites is 1. The van der Waals surface area contributed by atoms with Crippen molar-refractivity contribution < 1.29 is 14.3 Å². The summed E-state index contributed by atoms with van der Waals surface area (Å²) in [5.41, 5.74) is 1.25. The minimum Gasteiger partial charge on any atom is -0.490 e. The largest absolute Gasteiger partial charge is 0.490 e. The number of hydrogen-bond donors (Lipinski definition) is 1.